The monoisotopic (exact) mass is 544 g/mol. The van der Waals surface area contributed by atoms with E-state index >= 15 is 0 Å². The van der Waals surface area contributed by atoms with E-state index in [-0.39, 0.29) is 43.2 Å². The van der Waals surface area contributed by atoms with Crippen molar-refractivity contribution in [1.29, 1.82) is 0 Å². The van der Waals surface area contributed by atoms with Gasteiger partial charge >= 0.3 is 0 Å². The van der Waals surface area contributed by atoms with Crippen LogP contribution in [0.15, 0.2) is 71.9 Å². The molecule has 9 nitrogen and oxygen atoms in total. The van der Waals surface area contributed by atoms with E-state index in [4.69, 9.17) is 4.74 Å². The highest BCUT2D eigenvalue weighted by atomic mass is 16.5. The summed E-state index contributed by atoms with van der Waals surface area (Å²) < 4.78 is 5.58. The minimum absolute atomic E-state index is 0.0119. The van der Waals surface area contributed by atoms with Crippen LogP contribution < -0.4 is 5.32 Å². The molecule has 0 aliphatic carbocycles. The molecule has 0 saturated heterocycles. The average molecular weight is 545 g/mol. The second-order valence-electron chi connectivity index (χ2n) is 11.1. The Bertz CT molecular complexity index is 1330. The van der Waals surface area contributed by atoms with Gasteiger partial charge in [0, 0.05) is 19.5 Å². The van der Waals surface area contributed by atoms with Gasteiger partial charge in [0.1, 0.15) is 25.2 Å². The van der Waals surface area contributed by atoms with E-state index in [0.29, 0.717) is 11.3 Å². The zero-order valence-electron chi connectivity index (χ0n) is 23.6. The van der Waals surface area contributed by atoms with Crippen LogP contribution in [0.5, 0.6) is 0 Å². The third-order valence-electron chi connectivity index (χ3n) is 6.85. The Morgan fingerprint density at radius 1 is 1.05 bits per heavy atom. The number of benzene rings is 2. The third kappa shape index (κ3) is 6.47. The van der Waals surface area contributed by atoms with Crippen molar-refractivity contribution in [3.8, 4) is 0 Å². The molecule has 2 aromatic carbocycles. The maximum absolute atomic E-state index is 13.8. The Morgan fingerprint density at radius 3 is 2.23 bits per heavy atom. The number of aliphatic imine (C=N–C) groups is 1. The van der Waals surface area contributed by atoms with Crippen molar-refractivity contribution in [3.63, 3.8) is 0 Å². The summed E-state index contributed by atoms with van der Waals surface area (Å²) >= 11 is 0. The van der Waals surface area contributed by atoms with Crippen molar-refractivity contribution in [2.24, 2.45) is 10.9 Å². The Kier molecular flexibility index (Phi) is 8.52. The normalized spacial score (nSPS) is 19.1. The molecular formula is C31H36N4O5. The zero-order chi connectivity index (χ0) is 29.0. The maximum Gasteiger partial charge on any atom is 0.256 e. The molecule has 0 fully saturated rings. The first kappa shape index (κ1) is 28.7. The molecule has 1 N–H and O–H groups in total. The first-order valence-electron chi connectivity index (χ1n) is 13.4. The van der Waals surface area contributed by atoms with Crippen molar-refractivity contribution in [2.45, 2.75) is 58.7 Å². The number of ether oxygens (including phenoxy) is 1. The fourth-order valence-electron chi connectivity index (χ4n) is 4.88. The van der Waals surface area contributed by atoms with Gasteiger partial charge in [0.15, 0.2) is 0 Å². The number of nitrogens with one attached hydrogen (secondary N) is 1. The van der Waals surface area contributed by atoms with Gasteiger partial charge in [0.05, 0.1) is 11.2 Å². The SMILES string of the molecule is CC(=O)N1C=C(c2ccccc2)N(CC(=O)NC(Cc2ccccc2)C(=O)C2=NC(C)(C)CO2)C(=O)C1C(C)C. The Hall–Kier alpha value is -4.27. The van der Waals surface area contributed by atoms with Gasteiger partial charge < -0.3 is 15.0 Å². The molecule has 2 heterocycles. The fourth-order valence-corrected chi connectivity index (χ4v) is 4.88. The van der Waals surface area contributed by atoms with Crippen LogP contribution in [0, 0.1) is 5.92 Å². The van der Waals surface area contributed by atoms with Gasteiger partial charge in [-0.1, -0.05) is 74.5 Å². The van der Waals surface area contributed by atoms with Crippen LogP contribution >= 0.6 is 0 Å². The molecule has 0 saturated carbocycles. The number of amides is 3. The molecule has 0 spiro atoms. The van der Waals surface area contributed by atoms with E-state index in [9.17, 15) is 19.2 Å². The fraction of sp³-hybridized carbons (Fsp3) is 0.387. The molecule has 0 radical (unpaired) electrons. The van der Waals surface area contributed by atoms with Gasteiger partial charge in [-0.3, -0.25) is 24.1 Å². The molecule has 40 heavy (non-hydrogen) atoms. The van der Waals surface area contributed by atoms with Crippen LogP contribution in [-0.4, -0.2) is 70.0 Å². The van der Waals surface area contributed by atoms with E-state index in [1.54, 1.807) is 6.20 Å². The van der Waals surface area contributed by atoms with Gasteiger partial charge in [-0.05, 0) is 30.9 Å². The summed E-state index contributed by atoms with van der Waals surface area (Å²) in [7, 11) is 0. The predicted molar refractivity (Wildman–Crippen MR) is 152 cm³/mol. The van der Waals surface area contributed by atoms with Crippen LogP contribution in [0.4, 0.5) is 0 Å². The van der Waals surface area contributed by atoms with E-state index in [0.717, 1.165) is 5.56 Å². The van der Waals surface area contributed by atoms with E-state index in [1.165, 1.54) is 16.7 Å². The topological polar surface area (TPSA) is 108 Å². The van der Waals surface area contributed by atoms with Gasteiger partial charge in [0.25, 0.3) is 11.8 Å². The lowest BCUT2D eigenvalue weighted by molar-refractivity contribution is -0.144. The highest BCUT2D eigenvalue weighted by Crippen LogP contribution is 2.30. The Balaban J connectivity index is 1.63. The molecule has 0 aromatic heterocycles. The molecule has 0 bridgehead atoms. The van der Waals surface area contributed by atoms with Crippen molar-refractivity contribution in [1.82, 2.24) is 15.1 Å². The number of ketones is 1. The summed E-state index contributed by atoms with van der Waals surface area (Å²) in [5.41, 5.74) is 1.44. The van der Waals surface area contributed by atoms with Crippen LogP contribution in [-0.2, 0) is 30.3 Å². The lowest BCUT2D eigenvalue weighted by Gasteiger charge is -2.40. The van der Waals surface area contributed by atoms with E-state index < -0.39 is 29.3 Å². The van der Waals surface area contributed by atoms with Crippen molar-refractivity contribution in [2.75, 3.05) is 13.2 Å². The zero-order valence-corrected chi connectivity index (χ0v) is 23.6. The van der Waals surface area contributed by atoms with Crippen LogP contribution in [0.25, 0.3) is 5.70 Å². The summed E-state index contributed by atoms with van der Waals surface area (Å²) in [4.78, 5) is 60.5. The molecule has 2 atom stereocenters. The largest absolute Gasteiger partial charge is 0.473 e. The molecule has 2 aliphatic rings. The van der Waals surface area contributed by atoms with E-state index in [2.05, 4.69) is 10.3 Å². The molecule has 2 aromatic rings. The quantitative estimate of drug-likeness (QED) is 0.522. The molecule has 4 rings (SSSR count). The highest BCUT2D eigenvalue weighted by Gasteiger charge is 2.41. The minimum atomic E-state index is -0.943. The van der Waals surface area contributed by atoms with E-state index in [1.807, 2.05) is 88.4 Å². The first-order valence-corrected chi connectivity index (χ1v) is 13.4. The number of nitrogens with zero attached hydrogens (tertiary/aromatic N) is 3. The van der Waals surface area contributed by atoms with Crippen LogP contribution in [0.1, 0.15) is 45.7 Å². The Labute approximate surface area is 234 Å². The van der Waals surface area contributed by atoms with Crippen molar-refractivity contribution < 1.29 is 23.9 Å². The van der Waals surface area contributed by atoms with Crippen molar-refractivity contribution >= 4 is 35.1 Å². The molecule has 9 heteroatoms. The summed E-state index contributed by atoms with van der Waals surface area (Å²) in [6.07, 6.45) is 1.86. The third-order valence-corrected chi connectivity index (χ3v) is 6.85. The number of hydrogen-bond acceptors (Lipinski definition) is 6. The maximum atomic E-state index is 13.8. The number of carbonyl (C=O) groups excluding carboxylic acids is 4. The van der Waals surface area contributed by atoms with Gasteiger partial charge in [-0.15, -0.1) is 0 Å². The second kappa shape index (κ2) is 11.9. The first-order chi connectivity index (χ1) is 19.0. The van der Waals surface area contributed by atoms with Crippen LogP contribution in [0.2, 0.25) is 0 Å². The smallest absolute Gasteiger partial charge is 0.256 e. The molecule has 210 valence electrons. The predicted octanol–water partition coefficient (Wildman–Crippen LogP) is 3.20. The molecule has 3 amide bonds. The number of Topliss-reactive ketones (excluding diaryl/α,β-unsaturated/α-hetero) is 1. The summed E-state index contributed by atoms with van der Waals surface area (Å²) in [6.45, 7) is 8.81. The number of carbonyl (C=O) groups is 4. The summed E-state index contributed by atoms with van der Waals surface area (Å²) in [6, 6.07) is 16.8. The van der Waals surface area contributed by atoms with Crippen molar-refractivity contribution in [3.05, 3.63) is 78.0 Å². The average Bonchev–Trinajstić information content (AvgIpc) is 3.29. The standard InChI is InChI=1S/C31H36N4O5/c1-20(2)27-30(39)35(25(17-34(27)21(3)36)23-14-10-7-11-15-23)18-26(37)32-24(16-22-12-8-6-9-13-22)28(38)29-33-31(4,5)19-40-29/h6-15,17,20,24,27H,16,18-19H2,1-5H3,(H,32,37). The van der Waals surface area contributed by atoms with Crippen LogP contribution in [0.3, 0.4) is 0 Å². The second-order valence-corrected chi connectivity index (χ2v) is 11.1. The summed E-state index contributed by atoms with van der Waals surface area (Å²) in [5, 5.41) is 2.84. The molecule has 2 aliphatic heterocycles. The lowest BCUT2D eigenvalue weighted by Crippen LogP contribution is -2.56. The lowest BCUT2D eigenvalue weighted by atomic mass is 9.97. The van der Waals surface area contributed by atoms with Gasteiger partial charge in [-0.25, -0.2) is 4.99 Å². The van der Waals surface area contributed by atoms with Gasteiger partial charge in [0.2, 0.25) is 17.6 Å². The minimum Gasteiger partial charge on any atom is -0.473 e. The number of rotatable bonds is 9. The number of hydrogen-bond donors (Lipinski definition) is 1. The molecular weight excluding hydrogens is 508 g/mol. The van der Waals surface area contributed by atoms with Gasteiger partial charge in [-0.2, -0.15) is 0 Å². The molecule has 2 unspecified atom stereocenters. The Morgan fingerprint density at radius 2 is 1.68 bits per heavy atom. The summed E-state index contributed by atoms with van der Waals surface area (Å²) in [5.74, 6) is -1.77. The highest BCUT2D eigenvalue weighted by molar-refractivity contribution is 6.39.